The zero-order valence-corrected chi connectivity index (χ0v) is 16.5. The molecule has 0 aliphatic carbocycles. The molecule has 2 N–H and O–H groups in total. The zero-order chi connectivity index (χ0) is 21.5. The van der Waals surface area contributed by atoms with Gasteiger partial charge in [-0.15, -0.1) is 0 Å². The molecule has 0 spiro atoms. The van der Waals surface area contributed by atoms with Crippen LogP contribution in [0.15, 0.2) is 55.0 Å². The number of imidazole rings is 1. The van der Waals surface area contributed by atoms with E-state index in [4.69, 9.17) is 9.47 Å². The van der Waals surface area contributed by atoms with E-state index in [0.717, 1.165) is 5.56 Å². The molecule has 156 valence electrons. The van der Waals surface area contributed by atoms with Crippen molar-refractivity contribution >= 4 is 11.8 Å². The first-order chi connectivity index (χ1) is 14.5. The third-order valence-corrected chi connectivity index (χ3v) is 4.38. The molecule has 30 heavy (non-hydrogen) atoms. The number of ether oxygens (including phenoxy) is 2. The number of hydrazine groups is 1. The van der Waals surface area contributed by atoms with E-state index < -0.39 is 5.91 Å². The molecule has 0 aliphatic rings. The Kier molecular flexibility index (Phi) is 6.63. The molecule has 0 radical (unpaired) electrons. The number of nitrogens with one attached hydrogen (secondary N) is 2. The molecule has 0 aliphatic heterocycles. The number of carbonyl (C=O) groups is 2. The maximum Gasteiger partial charge on any atom is 0.288 e. The summed E-state index contributed by atoms with van der Waals surface area (Å²) in [6.45, 7) is 0. The number of rotatable bonds is 7. The van der Waals surface area contributed by atoms with Crippen LogP contribution in [-0.2, 0) is 11.2 Å². The molecule has 0 bridgehead atoms. The third kappa shape index (κ3) is 4.93. The second kappa shape index (κ2) is 9.55. The van der Waals surface area contributed by atoms with E-state index >= 15 is 0 Å². The highest BCUT2D eigenvalue weighted by Gasteiger charge is 2.14. The van der Waals surface area contributed by atoms with Gasteiger partial charge in [0, 0.05) is 12.1 Å². The van der Waals surface area contributed by atoms with Gasteiger partial charge in [-0.25, -0.2) is 9.37 Å². The lowest BCUT2D eigenvalue weighted by atomic mass is 10.1. The van der Waals surface area contributed by atoms with Crippen LogP contribution in [0, 0.1) is 5.82 Å². The Bertz CT molecular complexity index is 1030. The lowest BCUT2D eigenvalue weighted by Crippen LogP contribution is -2.42. The summed E-state index contributed by atoms with van der Waals surface area (Å²) in [4.78, 5) is 28.5. The summed E-state index contributed by atoms with van der Waals surface area (Å²) in [7, 11) is 3.09. The Morgan fingerprint density at radius 2 is 1.77 bits per heavy atom. The van der Waals surface area contributed by atoms with Crippen LogP contribution >= 0.6 is 0 Å². The van der Waals surface area contributed by atoms with Gasteiger partial charge in [0.15, 0.2) is 11.5 Å². The van der Waals surface area contributed by atoms with E-state index in [1.807, 2.05) is 6.07 Å². The highest BCUT2D eigenvalue weighted by atomic mass is 19.1. The summed E-state index contributed by atoms with van der Waals surface area (Å²) in [5.74, 6) is -0.0950. The second-order valence-electron chi connectivity index (χ2n) is 6.32. The van der Waals surface area contributed by atoms with Gasteiger partial charge in [0.1, 0.15) is 11.5 Å². The number of hydrogen-bond acceptors (Lipinski definition) is 5. The Morgan fingerprint density at radius 3 is 2.47 bits per heavy atom. The summed E-state index contributed by atoms with van der Waals surface area (Å²) < 4.78 is 25.0. The van der Waals surface area contributed by atoms with Crippen LogP contribution in [0.2, 0.25) is 0 Å². The van der Waals surface area contributed by atoms with Crippen LogP contribution in [0.25, 0.3) is 5.69 Å². The van der Waals surface area contributed by atoms with Crippen LogP contribution in [0.4, 0.5) is 4.39 Å². The lowest BCUT2D eigenvalue weighted by molar-refractivity contribution is -0.121. The minimum atomic E-state index is -0.545. The fourth-order valence-electron chi connectivity index (χ4n) is 2.82. The van der Waals surface area contributed by atoms with Crippen LogP contribution in [0.1, 0.15) is 22.5 Å². The van der Waals surface area contributed by atoms with Crippen molar-refractivity contribution in [1.82, 2.24) is 20.4 Å². The molecular formula is C21H21FN4O4. The Morgan fingerprint density at radius 1 is 1.03 bits per heavy atom. The van der Waals surface area contributed by atoms with Crippen molar-refractivity contribution in [2.24, 2.45) is 0 Å². The molecule has 2 aromatic carbocycles. The van der Waals surface area contributed by atoms with E-state index in [1.54, 1.807) is 26.4 Å². The Balaban J connectivity index is 1.55. The molecular weight excluding hydrogens is 391 g/mol. The Labute approximate surface area is 172 Å². The van der Waals surface area contributed by atoms with E-state index in [9.17, 15) is 14.0 Å². The topological polar surface area (TPSA) is 94.5 Å². The number of halogens is 1. The summed E-state index contributed by atoms with van der Waals surface area (Å²) in [6.07, 6.45) is 3.40. The average Bonchev–Trinajstić information content (AvgIpc) is 3.26. The molecule has 1 heterocycles. The van der Waals surface area contributed by atoms with Crippen molar-refractivity contribution in [3.05, 3.63) is 72.1 Å². The number of methoxy groups -OCH3 is 2. The molecule has 0 saturated heterocycles. The fourth-order valence-corrected chi connectivity index (χ4v) is 2.82. The summed E-state index contributed by atoms with van der Waals surface area (Å²) in [6, 6.07) is 11.0. The molecule has 0 saturated carbocycles. The van der Waals surface area contributed by atoms with Gasteiger partial charge in [0.25, 0.3) is 5.91 Å². The van der Waals surface area contributed by atoms with E-state index in [1.165, 1.54) is 41.4 Å². The van der Waals surface area contributed by atoms with Gasteiger partial charge in [0.2, 0.25) is 5.91 Å². The van der Waals surface area contributed by atoms with Crippen molar-refractivity contribution in [2.75, 3.05) is 14.2 Å². The van der Waals surface area contributed by atoms with Crippen molar-refractivity contribution in [3.8, 4) is 17.2 Å². The van der Waals surface area contributed by atoms with Gasteiger partial charge < -0.3 is 9.47 Å². The standard InChI is InChI=1S/C21H21FN4O4/c1-29-18-9-3-14(11-19(18)30-2)4-10-20(27)24-25-21(28)17-12-23-13-26(17)16-7-5-15(22)6-8-16/h3,5-9,11-13H,4,10H2,1-2H3,(H,24,27)(H,25,28). The molecule has 0 fully saturated rings. The van der Waals surface area contributed by atoms with Crippen LogP contribution in [0.3, 0.4) is 0 Å². The molecule has 0 atom stereocenters. The van der Waals surface area contributed by atoms with E-state index in [0.29, 0.717) is 23.6 Å². The maximum absolute atomic E-state index is 13.1. The van der Waals surface area contributed by atoms with Crippen LogP contribution in [0.5, 0.6) is 11.5 Å². The van der Waals surface area contributed by atoms with Gasteiger partial charge in [-0.2, -0.15) is 0 Å². The van der Waals surface area contributed by atoms with Crippen LogP contribution < -0.4 is 20.3 Å². The number of amides is 2. The summed E-state index contributed by atoms with van der Waals surface area (Å²) in [5.41, 5.74) is 6.41. The number of nitrogens with zero attached hydrogens (tertiary/aromatic N) is 2. The molecule has 2 amide bonds. The fraction of sp³-hybridized carbons (Fsp3) is 0.190. The predicted octanol–water partition coefficient (Wildman–Crippen LogP) is 2.42. The van der Waals surface area contributed by atoms with Gasteiger partial charge in [-0.3, -0.25) is 25.0 Å². The highest BCUT2D eigenvalue weighted by molar-refractivity contribution is 5.94. The monoisotopic (exact) mass is 412 g/mol. The third-order valence-electron chi connectivity index (χ3n) is 4.38. The molecule has 3 rings (SSSR count). The second-order valence-corrected chi connectivity index (χ2v) is 6.32. The Hall–Kier alpha value is -3.88. The molecule has 8 nitrogen and oxygen atoms in total. The molecule has 1 aromatic heterocycles. The molecule has 3 aromatic rings. The first kappa shape index (κ1) is 20.8. The normalized spacial score (nSPS) is 10.4. The quantitative estimate of drug-likeness (QED) is 0.582. The number of benzene rings is 2. The van der Waals surface area contributed by atoms with Crippen molar-refractivity contribution in [1.29, 1.82) is 0 Å². The first-order valence-corrected chi connectivity index (χ1v) is 9.10. The smallest absolute Gasteiger partial charge is 0.288 e. The minimum Gasteiger partial charge on any atom is -0.493 e. The van der Waals surface area contributed by atoms with Crippen molar-refractivity contribution in [3.63, 3.8) is 0 Å². The number of hydrogen-bond donors (Lipinski definition) is 2. The zero-order valence-electron chi connectivity index (χ0n) is 16.5. The summed E-state index contributed by atoms with van der Waals surface area (Å²) >= 11 is 0. The molecule has 9 heteroatoms. The van der Waals surface area contributed by atoms with E-state index in [-0.39, 0.29) is 23.8 Å². The van der Waals surface area contributed by atoms with Gasteiger partial charge in [0.05, 0.1) is 26.7 Å². The number of aryl methyl sites for hydroxylation is 1. The van der Waals surface area contributed by atoms with Gasteiger partial charge in [-0.05, 0) is 48.4 Å². The van der Waals surface area contributed by atoms with E-state index in [2.05, 4.69) is 15.8 Å². The highest BCUT2D eigenvalue weighted by Crippen LogP contribution is 2.27. The maximum atomic E-state index is 13.1. The van der Waals surface area contributed by atoms with Crippen molar-refractivity contribution < 1.29 is 23.5 Å². The van der Waals surface area contributed by atoms with Gasteiger partial charge in [-0.1, -0.05) is 6.07 Å². The average molecular weight is 412 g/mol. The predicted molar refractivity (Wildman–Crippen MR) is 107 cm³/mol. The molecule has 0 unspecified atom stereocenters. The van der Waals surface area contributed by atoms with Crippen LogP contribution in [-0.4, -0.2) is 35.6 Å². The minimum absolute atomic E-state index is 0.160. The number of aromatic nitrogens is 2. The number of carbonyl (C=O) groups excluding carboxylic acids is 2. The first-order valence-electron chi connectivity index (χ1n) is 9.10. The SMILES string of the molecule is COc1ccc(CCC(=O)NNC(=O)c2cncn2-c2ccc(F)cc2)cc1OC. The summed E-state index contributed by atoms with van der Waals surface area (Å²) in [5, 5.41) is 0. The van der Waals surface area contributed by atoms with Gasteiger partial charge >= 0.3 is 0 Å². The van der Waals surface area contributed by atoms with Crippen molar-refractivity contribution in [2.45, 2.75) is 12.8 Å². The lowest BCUT2D eigenvalue weighted by Gasteiger charge is -2.11. The largest absolute Gasteiger partial charge is 0.493 e.